The maximum Gasteiger partial charge on any atom is 0.407 e. The first-order chi connectivity index (χ1) is 5.36. The molecule has 2 rings (SSSR count). The zero-order valence-corrected chi connectivity index (χ0v) is 7.52. The van der Waals surface area contributed by atoms with E-state index in [0.29, 0.717) is 18.6 Å². The molecule has 5 heteroatoms. The summed E-state index contributed by atoms with van der Waals surface area (Å²) in [6.07, 6.45) is 0.771. The molecule has 2 saturated heterocycles. The van der Waals surface area contributed by atoms with Crippen molar-refractivity contribution in [3.05, 3.63) is 0 Å². The Hall–Kier alpha value is -0.480. The zero-order valence-electron chi connectivity index (χ0n) is 6.71. The van der Waals surface area contributed by atoms with Crippen LogP contribution in [0.15, 0.2) is 0 Å². The third-order valence-electron chi connectivity index (χ3n) is 2.34. The number of amides is 1. The van der Waals surface area contributed by atoms with E-state index in [2.05, 4.69) is 10.6 Å². The molecule has 0 aromatic carbocycles. The highest BCUT2D eigenvalue weighted by Gasteiger charge is 2.31. The van der Waals surface area contributed by atoms with E-state index in [9.17, 15) is 4.79 Å². The summed E-state index contributed by atoms with van der Waals surface area (Å²) in [5.41, 5.74) is 0. The lowest BCUT2D eigenvalue weighted by Crippen LogP contribution is -2.55. The molecule has 4 nitrogen and oxygen atoms in total. The van der Waals surface area contributed by atoms with Gasteiger partial charge < -0.3 is 15.4 Å². The number of rotatable bonds is 0. The van der Waals surface area contributed by atoms with E-state index in [1.54, 1.807) is 0 Å². The first-order valence-corrected chi connectivity index (χ1v) is 4.00. The molecule has 0 aromatic heterocycles. The van der Waals surface area contributed by atoms with E-state index < -0.39 is 0 Å². The molecule has 0 saturated carbocycles. The van der Waals surface area contributed by atoms with Gasteiger partial charge in [-0.2, -0.15) is 0 Å². The lowest BCUT2D eigenvalue weighted by atomic mass is 9.93. The van der Waals surface area contributed by atoms with Gasteiger partial charge in [-0.3, -0.25) is 0 Å². The molecule has 1 amide bonds. The predicted molar refractivity (Wildman–Crippen MR) is 46.5 cm³/mol. The van der Waals surface area contributed by atoms with Gasteiger partial charge >= 0.3 is 6.09 Å². The van der Waals surface area contributed by atoms with Gasteiger partial charge in [0.05, 0.1) is 6.61 Å². The number of nitrogens with one attached hydrogen (secondary N) is 2. The molecule has 0 spiro atoms. The normalized spacial score (nSPS) is 33.8. The van der Waals surface area contributed by atoms with Gasteiger partial charge in [0.1, 0.15) is 0 Å². The fraction of sp³-hybridized carbons (Fsp3) is 0.857. The largest absolute Gasteiger partial charge is 0.449 e. The van der Waals surface area contributed by atoms with Crippen LogP contribution in [-0.2, 0) is 4.74 Å². The topological polar surface area (TPSA) is 50.4 Å². The van der Waals surface area contributed by atoms with Crippen LogP contribution in [0.5, 0.6) is 0 Å². The van der Waals surface area contributed by atoms with Gasteiger partial charge in [-0.25, -0.2) is 4.79 Å². The molecule has 0 radical (unpaired) electrons. The number of hydrogen-bond acceptors (Lipinski definition) is 3. The van der Waals surface area contributed by atoms with Crippen molar-refractivity contribution in [2.24, 2.45) is 5.92 Å². The number of alkyl carbamates (subject to hydrolysis) is 1. The maximum absolute atomic E-state index is 10.8. The number of carbonyl (C=O) groups is 1. The second kappa shape index (κ2) is 3.96. The summed E-state index contributed by atoms with van der Waals surface area (Å²) >= 11 is 0. The smallest absolute Gasteiger partial charge is 0.407 e. The van der Waals surface area contributed by atoms with Gasteiger partial charge in [-0.1, -0.05) is 0 Å². The molecule has 2 aliphatic rings. The van der Waals surface area contributed by atoms with Crippen molar-refractivity contribution >= 4 is 18.5 Å². The van der Waals surface area contributed by atoms with Crippen molar-refractivity contribution in [1.29, 1.82) is 0 Å². The highest BCUT2D eigenvalue weighted by atomic mass is 35.5. The average Bonchev–Trinajstić information content (AvgIpc) is 2.04. The maximum atomic E-state index is 10.8. The van der Waals surface area contributed by atoms with Crippen LogP contribution in [0, 0.1) is 5.92 Å². The molecular formula is C7H13ClN2O2. The quantitative estimate of drug-likeness (QED) is 0.574. The summed E-state index contributed by atoms with van der Waals surface area (Å²) in [4.78, 5) is 10.8. The van der Waals surface area contributed by atoms with Gasteiger partial charge in [-0.05, 0) is 13.0 Å². The van der Waals surface area contributed by atoms with Crippen molar-refractivity contribution in [2.75, 3.05) is 19.7 Å². The summed E-state index contributed by atoms with van der Waals surface area (Å²) in [6.45, 7) is 2.54. The number of cyclic esters (lactones) is 1. The molecular weight excluding hydrogens is 180 g/mol. The third-order valence-corrected chi connectivity index (χ3v) is 2.34. The highest BCUT2D eigenvalue weighted by Crippen LogP contribution is 2.15. The van der Waals surface area contributed by atoms with Crippen LogP contribution in [-0.4, -0.2) is 31.8 Å². The standard InChI is InChI=1S/C7H12N2O2.ClH/c10-7-9-6-1-2-8-3-5(6)4-11-7;/h5-6,8H,1-4H2,(H,9,10);1H/t5-,6+;/m0./s1. The molecule has 2 heterocycles. The van der Waals surface area contributed by atoms with Crippen molar-refractivity contribution in [3.63, 3.8) is 0 Å². The SMILES string of the molecule is Cl.O=C1N[C@@H]2CCNC[C@H]2CO1. The predicted octanol–water partition coefficient (Wildman–Crippen LogP) is 0.126. The number of hydrogen-bond donors (Lipinski definition) is 2. The Kier molecular flexibility index (Phi) is 3.17. The first-order valence-electron chi connectivity index (χ1n) is 4.00. The van der Waals surface area contributed by atoms with Crippen LogP contribution in [0.2, 0.25) is 0 Å². The Bertz CT molecular complexity index is 177. The van der Waals surface area contributed by atoms with Gasteiger partial charge in [0.25, 0.3) is 0 Å². The summed E-state index contributed by atoms with van der Waals surface area (Å²) in [7, 11) is 0. The van der Waals surface area contributed by atoms with E-state index in [1.165, 1.54) is 0 Å². The Morgan fingerprint density at radius 2 is 2.33 bits per heavy atom. The van der Waals surface area contributed by atoms with Gasteiger partial charge in [0, 0.05) is 18.5 Å². The second-order valence-corrected chi connectivity index (χ2v) is 3.10. The molecule has 0 bridgehead atoms. The van der Waals surface area contributed by atoms with Crippen LogP contribution < -0.4 is 10.6 Å². The third kappa shape index (κ3) is 1.81. The van der Waals surface area contributed by atoms with E-state index in [1.807, 2.05) is 0 Å². The van der Waals surface area contributed by atoms with Crippen LogP contribution >= 0.6 is 12.4 Å². The first kappa shape index (κ1) is 9.61. The minimum Gasteiger partial charge on any atom is -0.449 e. The van der Waals surface area contributed by atoms with Gasteiger partial charge in [0.2, 0.25) is 0 Å². The summed E-state index contributed by atoms with van der Waals surface area (Å²) in [5, 5.41) is 6.08. The van der Waals surface area contributed by atoms with Gasteiger partial charge in [-0.15, -0.1) is 12.4 Å². The zero-order chi connectivity index (χ0) is 7.68. The number of halogens is 1. The minimum absolute atomic E-state index is 0. The van der Waals surface area contributed by atoms with Crippen LogP contribution in [0.25, 0.3) is 0 Å². The molecule has 12 heavy (non-hydrogen) atoms. The lowest BCUT2D eigenvalue weighted by Gasteiger charge is -2.35. The molecule has 70 valence electrons. The Balaban J connectivity index is 0.000000720. The minimum atomic E-state index is -0.256. The molecule has 0 aromatic rings. The van der Waals surface area contributed by atoms with E-state index in [0.717, 1.165) is 19.5 Å². The fourth-order valence-electron chi connectivity index (χ4n) is 1.66. The van der Waals surface area contributed by atoms with Crippen LogP contribution in [0.3, 0.4) is 0 Å². The molecule has 2 fully saturated rings. The van der Waals surface area contributed by atoms with Crippen LogP contribution in [0.4, 0.5) is 4.79 Å². The number of carbonyl (C=O) groups excluding carboxylic acids is 1. The Morgan fingerprint density at radius 1 is 1.50 bits per heavy atom. The molecule has 0 unspecified atom stereocenters. The highest BCUT2D eigenvalue weighted by molar-refractivity contribution is 5.85. The molecule has 2 atom stereocenters. The lowest BCUT2D eigenvalue weighted by molar-refractivity contribution is 0.0703. The summed E-state index contributed by atoms with van der Waals surface area (Å²) in [6, 6.07) is 0.345. The van der Waals surface area contributed by atoms with E-state index in [4.69, 9.17) is 4.74 Å². The van der Waals surface area contributed by atoms with Crippen molar-refractivity contribution in [2.45, 2.75) is 12.5 Å². The number of ether oxygens (including phenoxy) is 1. The Labute approximate surface area is 77.4 Å². The number of piperidine rings is 1. The molecule has 2 N–H and O–H groups in total. The van der Waals surface area contributed by atoms with E-state index >= 15 is 0 Å². The van der Waals surface area contributed by atoms with E-state index in [-0.39, 0.29) is 18.5 Å². The number of fused-ring (bicyclic) bond motifs is 1. The van der Waals surface area contributed by atoms with Crippen LogP contribution in [0.1, 0.15) is 6.42 Å². The van der Waals surface area contributed by atoms with Crippen molar-refractivity contribution in [1.82, 2.24) is 10.6 Å². The van der Waals surface area contributed by atoms with Crippen molar-refractivity contribution in [3.8, 4) is 0 Å². The Morgan fingerprint density at radius 3 is 3.17 bits per heavy atom. The summed E-state index contributed by atoms with van der Waals surface area (Å²) < 4.78 is 4.86. The van der Waals surface area contributed by atoms with Crippen molar-refractivity contribution < 1.29 is 9.53 Å². The molecule has 0 aliphatic carbocycles. The van der Waals surface area contributed by atoms with Gasteiger partial charge in [0.15, 0.2) is 0 Å². The fourth-order valence-corrected chi connectivity index (χ4v) is 1.66. The average molecular weight is 193 g/mol. The monoisotopic (exact) mass is 192 g/mol. The molecule has 2 aliphatic heterocycles. The summed E-state index contributed by atoms with van der Waals surface area (Å²) in [5.74, 6) is 0.474. The second-order valence-electron chi connectivity index (χ2n) is 3.10.